The van der Waals surface area contributed by atoms with Crippen molar-refractivity contribution in [2.24, 2.45) is 0 Å². The van der Waals surface area contributed by atoms with E-state index in [1.54, 1.807) is 29.7 Å². The van der Waals surface area contributed by atoms with Gasteiger partial charge in [-0.3, -0.25) is 9.20 Å². The lowest BCUT2D eigenvalue weighted by atomic mass is 10.3. The normalized spacial score (nSPS) is 10.7. The molecule has 1 amide bonds. The Bertz CT molecular complexity index is 827. The van der Waals surface area contributed by atoms with Gasteiger partial charge in [0.1, 0.15) is 29.5 Å². The Labute approximate surface area is 132 Å². The second-order valence-corrected chi connectivity index (χ2v) is 5.03. The van der Waals surface area contributed by atoms with Crippen molar-refractivity contribution in [3.05, 3.63) is 65.9 Å². The van der Waals surface area contributed by atoms with Crippen LogP contribution in [0, 0.1) is 12.7 Å². The predicted octanol–water partition coefficient (Wildman–Crippen LogP) is 2.59. The van der Waals surface area contributed by atoms with E-state index in [4.69, 9.17) is 4.74 Å². The highest BCUT2D eigenvalue weighted by molar-refractivity contribution is 5.94. The summed E-state index contributed by atoms with van der Waals surface area (Å²) in [6.07, 6.45) is 1.80. The molecule has 0 bridgehead atoms. The summed E-state index contributed by atoms with van der Waals surface area (Å²) in [4.78, 5) is 16.7. The number of nitrogens with zero attached hydrogens (tertiary/aromatic N) is 2. The van der Waals surface area contributed by atoms with Gasteiger partial charge in [-0.25, -0.2) is 9.37 Å². The van der Waals surface area contributed by atoms with Gasteiger partial charge in [0.2, 0.25) is 0 Å². The molecule has 1 aromatic carbocycles. The third-order valence-corrected chi connectivity index (χ3v) is 3.39. The molecule has 0 saturated carbocycles. The highest BCUT2D eigenvalue weighted by Gasteiger charge is 2.15. The average Bonchev–Trinajstić information content (AvgIpc) is 2.89. The number of halogens is 1. The van der Waals surface area contributed by atoms with Crippen molar-refractivity contribution in [3.8, 4) is 5.75 Å². The number of aromatic nitrogens is 2. The van der Waals surface area contributed by atoms with Crippen molar-refractivity contribution in [2.45, 2.75) is 6.92 Å². The number of nitrogens with one attached hydrogen (secondary N) is 1. The number of fused-ring (bicyclic) bond motifs is 1. The topological polar surface area (TPSA) is 55.6 Å². The van der Waals surface area contributed by atoms with E-state index in [0.717, 1.165) is 5.65 Å². The molecule has 5 nitrogen and oxygen atoms in total. The molecule has 3 aromatic rings. The Morgan fingerprint density at radius 2 is 2.04 bits per heavy atom. The molecule has 2 heterocycles. The molecule has 6 heteroatoms. The van der Waals surface area contributed by atoms with E-state index in [9.17, 15) is 9.18 Å². The van der Waals surface area contributed by atoms with Gasteiger partial charge in [0.25, 0.3) is 5.91 Å². The first kappa shape index (κ1) is 15.0. The first-order valence-electron chi connectivity index (χ1n) is 7.25. The molecular weight excluding hydrogens is 297 g/mol. The lowest BCUT2D eigenvalue weighted by molar-refractivity contribution is 0.0940. The lowest BCUT2D eigenvalue weighted by Gasteiger charge is -2.08. The molecule has 0 saturated heterocycles. The number of imidazole rings is 1. The van der Waals surface area contributed by atoms with Crippen LogP contribution in [0.25, 0.3) is 5.65 Å². The Morgan fingerprint density at radius 1 is 1.26 bits per heavy atom. The minimum absolute atomic E-state index is 0.205. The van der Waals surface area contributed by atoms with E-state index in [2.05, 4.69) is 10.3 Å². The Morgan fingerprint density at radius 3 is 2.83 bits per heavy atom. The van der Waals surface area contributed by atoms with E-state index in [1.165, 1.54) is 12.1 Å². The van der Waals surface area contributed by atoms with Gasteiger partial charge in [-0.2, -0.15) is 0 Å². The lowest BCUT2D eigenvalue weighted by Crippen LogP contribution is -2.29. The summed E-state index contributed by atoms with van der Waals surface area (Å²) in [6.45, 7) is 2.44. The number of carbonyl (C=O) groups is 1. The zero-order chi connectivity index (χ0) is 16.2. The summed E-state index contributed by atoms with van der Waals surface area (Å²) in [5.41, 5.74) is 1.92. The summed E-state index contributed by atoms with van der Waals surface area (Å²) in [5, 5.41) is 2.80. The van der Waals surface area contributed by atoms with Crippen LogP contribution < -0.4 is 10.1 Å². The van der Waals surface area contributed by atoms with Crippen molar-refractivity contribution in [2.75, 3.05) is 13.2 Å². The molecule has 0 unspecified atom stereocenters. The van der Waals surface area contributed by atoms with Crippen molar-refractivity contribution in [1.82, 2.24) is 14.7 Å². The molecular formula is C17H16FN3O2. The summed E-state index contributed by atoms with van der Waals surface area (Å²) >= 11 is 0. The second-order valence-electron chi connectivity index (χ2n) is 5.03. The number of hydrogen-bond acceptors (Lipinski definition) is 3. The zero-order valence-electron chi connectivity index (χ0n) is 12.6. The van der Waals surface area contributed by atoms with Gasteiger partial charge in [-0.05, 0) is 43.3 Å². The van der Waals surface area contributed by atoms with E-state index >= 15 is 0 Å². The van der Waals surface area contributed by atoms with Crippen molar-refractivity contribution < 1.29 is 13.9 Å². The van der Waals surface area contributed by atoms with Gasteiger partial charge in [0.15, 0.2) is 0 Å². The minimum atomic E-state index is -0.311. The molecule has 1 N–H and O–H groups in total. The maximum Gasteiger partial charge on any atom is 0.270 e. The molecule has 0 spiro atoms. The summed E-state index contributed by atoms with van der Waals surface area (Å²) in [6, 6.07) is 11.3. The predicted molar refractivity (Wildman–Crippen MR) is 84.2 cm³/mol. The van der Waals surface area contributed by atoms with Crippen LogP contribution in [-0.4, -0.2) is 28.4 Å². The maximum atomic E-state index is 12.8. The SMILES string of the molecule is Cc1nc2ccccn2c1C(=O)NCCOc1ccc(F)cc1. The summed E-state index contributed by atoms with van der Waals surface area (Å²) < 4.78 is 20.0. The van der Waals surface area contributed by atoms with Crippen LogP contribution in [0.5, 0.6) is 5.75 Å². The third kappa shape index (κ3) is 3.31. The molecule has 0 aliphatic rings. The number of carbonyl (C=O) groups excluding carboxylic acids is 1. The molecule has 0 radical (unpaired) electrons. The molecule has 0 aliphatic heterocycles. The van der Waals surface area contributed by atoms with E-state index < -0.39 is 0 Å². The van der Waals surface area contributed by atoms with Crippen LogP contribution in [0.4, 0.5) is 4.39 Å². The zero-order valence-corrected chi connectivity index (χ0v) is 12.6. The first-order valence-corrected chi connectivity index (χ1v) is 7.25. The Balaban J connectivity index is 1.58. The van der Waals surface area contributed by atoms with Crippen LogP contribution in [-0.2, 0) is 0 Å². The summed E-state index contributed by atoms with van der Waals surface area (Å²) in [7, 11) is 0. The molecule has 118 valence electrons. The van der Waals surface area contributed by atoms with E-state index in [-0.39, 0.29) is 11.7 Å². The van der Waals surface area contributed by atoms with Crippen LogP contribution in [0.3, 0.4) is 0 Å². The van der Waals surface area contributed by atoms with Crippen LogP contribution >= 0.6 is 0 Å². The fourth-order valence-electron chi connectivity index (χ4n) is 2.34. The molecule has 0 aliphatic carbocycles. The number of benzene rings is 1. The van der Waals surface area contributed by atoms with Gasteiger partial charge < -0.3 is 10.1 Å². The number of amides is 1. The van der Waals surface area contributed by atoms with E-state index in [1.807, 2.05) is 18.2 Å². The van der Waals surface area contributed by atoms with Crippen molar-refractivity contribution in [3.63, 3.8) is 0 Å². The van der Waals surface area contributed by atoms with Crippen molar-refractivity contribution in [1.29, 1.82) is 0 Å². The van der Waals surface area contributed by atoms with Gasteiger partial charge in [-0.1, -0.05) is 6.07 Å². The quantitative estimate of drug-likeness (QED) is 0.737. The first-order chi connectivity index (χ1) is 11.1. The largest absolute Gasteiger partial charge is 0.492 e. The van der Waals surface area contributed by atoms with Gasteiger partial charge >= 0.3 is 0 Å². The van der Waals surface area contributed by atoms with Crippen LogP contribution in [0.15, 0.2) is 48.7 Å². The minimum Gasteiger partial charge on any atom is -0.492 e. The third-order valence-electron chi connectivity index (χ3n) is 3.39. The van der Waals surface area contributed by atoms with E-state index in [0.29, 0.717) is 30.3 Å². The number of hydrogen-bond donors (Lipinski definition) is 1. The molecule has 0 atom stereocenters. The van der Waals surface area contributed by atoms with Gasteiger partial charge in [0, 0.05) is 6.20 Å². The fraction of sp³-hybridized carbons (Fsp3) is 0.176. The smallest absolute Gasteiger partial charge is 0.270 e. The van der Waals surface area contributed by atoms with Gasteiger partial charge in [0.05, 0.1) is 12.2 Å². The highest BCUT2D eigenvalue weighted by atomic mass is 19.1. The highest BCUT2D eigenvalue weighted by Crippen LogP contribution is 2.12. The number of aryl methyl sites for hydroxylation is 1. The maximum absolute atomic E-state index is 12.8. The number of ether oxygens (including phenoxy) is 1. The van der Waals surface area contributed by atoms with Crippen LogP contribution in [0.1, 0.15) is 16.2 Å². The number of pyridine rings is 1. The molecule has 0 fully saturated rings. The van der Waals surface area contributed by atoms with Crippen molar-refractivity contribution >= 4 is 11.6 Å². The fourth-order valence-corrected chi connectivity index (χ4v) is 2.34. The van der Waals surface area contributed by atoms with Gasteiger partial charge in [-0.15, -0.1) is 0 Å². The average molecular weight is 313 g/mol. The molecule has 23 heavy (non-hydrogen) atoms. The number of rotatable bonds is 5. The Hall–Kier alpha value is -2.89. The second kappa shape index (κ2) is 6.48. The molecule has 3 rings (SSSR count). The van der Waals surface area contributed by atoms with Crippen LogP contribution in [0.2, 0.25) is 0 Å². The Kier molecular flexibility index (Phi) is 4.23. The monoisotopic (exact) mass is 313 g/mol. The summed E-state index contributed by atoms with van der Waals surface area (Å²) in [5.74, 6) is 0.0456. The standard InChI is InChI=1S/C17H16FN3O2/c1-12-16(21-10-3-2-4-15(21)20-12)17(22)19-9-11-23-14-7-5-13(18)6-8-14/h2-8,10H,9,11H2,1H3,(H,19,22). The molecule has 2 aromatic heterocycles.